The molecule has 1 aliphatic heterocycles. The van der Waals surface area contributed by atoms with Gasteiger partial charge in [-0.05, 0) is 31.4 Å². The maximum atomic E-state index is 12.5. The Labute approximate surface area is 113 Å². The highest BCUT2D eigenvalue weighted by Gasteiger charge is 2.23. The van der Waals surface area contributed by atoms with Crippen molar-refractivity contribution >= 4 is 0 Å². The Morgan fingerprint density at radius 1 is 1.32 bits per heavy atom. The molecule has 4 heteroatoms. The van der Waals surface area contributed by atoms with Crippen LogP contribution in [0.1, 0.15) is 49.8 Å². The summed E-state index contributed by atoms with van der Waals surface area (Å²) in [5.74, 6) is 0. The maximum absolute atomic E-state index is 12.5. The lowest BCUT2D eigenvalue weighted by Gasteiger charge is -2.30. The van der Waals surface area contributed by atoms with Gasteiger partial charge in [0.1, 0.15) is 0 Å². The molecule has 1 heterocycles. The molecule has 0 aliphatic carbocycles. The fourth-order valence-electron chi connectivity index (χ4n) is 2.42. The van der Waals surface area contributed by atoms with Crippen LogP contribution in [0.3, 0.4) is 0 Å². The number of ether oxygens (including phenoxy) is 1. The van der Waals surface area contributed by atoms with Crippen LogP contribution in [-0.4, -0.2) is 19.2 Å². The van der Waals surface area contributed by atoms with Crippen molar-refractivity contribution < 1.29 is 13.5 Å². The van der Waals surface area contributed by atoms with E-state index in [4.69, 9.17) is 4.74 Å². The largest absolute Gasteiger partial charge is 0.373 e. The molecule has 0 saturated carbocycles. The maximum Gasteiger partial charge on any atom is 0.263 e. The SMILES string of the molecule is CCCNC1CCOC(c2ccc(C(F)F)cc2)C1. The standard InChI is InChI=1S/C15H21F2NO/c1-2-8-18-13-7-9-19-14(10-13)11-3-5-12(6-4-11)15(16)17/h3-6,13-15,18H,2,7-10H2,1H3. The molecule has 1 aromatic rings. The summed E-state index contributed by atoms with van der Waals surface area (Å²) in [5.41, 5.74) is 1.06. The Morgan fingerprint density at radius 3 is 2.68 bits per heavy atom. The first-order valence-corrected chi connectivity index (χ1v) is 6.93. The van der Waals surface area contributed by atoms with E-state index in [1.165, 1.54) is 12.1 Å². The van der Waals surface area contributed by atoms with E-state index in [0.29, 0.717) is 6.04 Å². The quantitative estimate of drug-likeness (QED) is 0.876. The van der Waals surface area contributed by atoms with E-state index in [-0.39, 0.29) is 11.7 Å². The molecule has 2 rings (SSSR count). The van der Waals surface area contributed by atoms with Gasteiger partial charge in [0.15, 0.2) is 0 Å². The molecule has 106 valence electrons. The van der Waals surface area contributed by atoms with E-state index < -0.39 is 6.43 Å². The molecular weight excluding hydrogens is 248 g/mol. The molecular formula is C15H21F2NO. The van der Waals surface area contributed by atoms with Gasteiger partial charge in [0, 0.05) is 18.2 Å². The molecule has 1 aromatic carbocycles. The van der Waals surface area contributed by atoms with E-state index >= 15 is 0 Å². The van der Waals surface area contributed by atoms with Gasteiger partial charge >= 0.3 is 0 Å². The summed E-state index contributed by atoms with van der Waals surface area (Å²) in [5, 5.41) is 3.50. The molecule has 1 saturated heterocycles. The third-order valence-corrected chi connectivity index (χ3v) is 3.53. The number of hydrogen-bond donors (Lipinski definition) is 1. The Balaban J connectivity index is 1.96. The average molecular weight is 269 g/mol. The number of nitrogens with one attached hydrogen (secondary N) is 1. The average Bonchev–Trinajstić information content (AvgIpc) is 2.45. The van der Waals surface area contributed by atoms with Crippen LogP contribution in [-0.2, 0) is 4.74 Å². The van der Waals surface area contributed by atoms with Crippen LogP contribution in [0, 0.1) is 0 Å². The highest BCUT2D eigenvalue weighted by atomic mass is 19.3. The Bertz CT molecular complexity index is 380. The molecule has 2 nitrogen and oxygen atoms in total. The zero-order valence-electron chi connectivity index (χ0n) is 11.2. The van der Waals surface area contributed by atoms with Gasteiger partial charge in [0.25, 0.3) is 6.43 Å². The molecule has 0 bridgehead atoms. The molecule has 2 unspecified atom stereocenters. The first kappa shape index (κ1) is 14.4. The van der Waals surface area contributed by atoms with Crippen LogP contribution in [0.4, 0.5) is 8.78 Å². The summed E-state index contributed by atoms with van der Waals surface area (Å²) < 4.78 is 30.7. The van der Waals surface area contributed by atoms with Crippen LogP contribution in [0.5, 0.6) is 0 Å². The summed E-state index contributed by atoms with van der Waals surface area (Å²) in [6, 6.07) is 6.97. The van der Waals surface area contributed by atoms with Gasteiger partial charge in [-0.2, -0.15) is 0 Å². The van der Waals surface area contributed by atoms with E-state index in [0.717, 1.165) is 38.0 Å². The van der Waals surface area contributed by atoms with Gasteiger partial charge < -0.3 is 10.1 Å². The van der Waals surface area contributed by atoms with Gasteiger partial charge in [-0.3, -0.25) is 0 Å². The molecule has 1 fully saturated rings. The van der Waals surface area contributed by atoms with E-state index in [1.807, 2.05) is 0 Å². The molecule has 19 heavy (non-hydrogen) atoms. The minimum absolute atomic E-state index is 0.0230. The predicted molar refractivity (Wildman–Crippen MR) is 71.4 cm³/mol. The van der Waals surface area contributed by atoms with Crippen molar-refractivity contribution in [1.29, 1.82) is 0 Å². The van der Waals surface area contributed by atoms with Crippen molar-refractivity contribution in [3.05, 3.63) is 35.4 Å². The second kappa shape index (κ2) is 6.96. The number of halogens is 2. The first-order chi connectivity index (χ1) is 9.20. The number of hydrogen-bond acceptors (Lipinski definition) is 2. The molecule has 1 N–H and O–H groups in total. The summed E-state index contributed by atoms with van der Waals surface area (Å²) in [7, 11) is 0. The van der Waals surface area contributed by atoms with Crippen molar-refractivity contribution in [2.75, 3.05) is 13.2 Å². The van der Waals surface area contributed by atoms with E-state index in [2.05, 4.69) is 12.2 Å². The van der Waals surface area contributed by atoms with Gasteiger partial charge in [-0.15, -0.1) is 0 Å². The molecule has 0 spiro atoms. The summed E-state index contributed by atoms with van der Waals surface area (Å²) in [4.78, 5) is 0. The molecule has 2 atom stereocenters. The fourth-order valence-corrected chi connectivity index (χ4v) is 2.42. The second-order valence-corrected chi connectivity index (χ2v) is 5.00. The van der Waals surface area contributed by atoms with Crippen molar-refractivity contribution in [2.24, 2.45) is 0 Å². The molecule has 0 amide bonds. The van der Waals surface area contributed by atoms with Crippen molar-refractivity contribution in [1.82, 2.24) is 5.32 Å². The lowest BCUT2D eigenvalue weighted by molar-refractivity contribution is 0.000307. The zero-order chi connectivity index (χ0) is 13.7. The fraction of sp³-hybridized carbons (Fsp3) is 0.600. The van der Waals surface area contributed by atoms with Gasteiger partial charge in [-0.25, -0.2) is 8.78 Å². The Morgan fingerprint density at radius 2 is 2.05 bits per heavy atom. The second-order valence-electron chi connectivity index (χ2n) is 5.00. The summed E-state index contributed by atoms with van der Waals surface area (Å²) in [6.45, 7) is 3.89. The Hall–Kier alpha value is -1.00. The van der Waals surface area contributed by atoms with Crippen LogP contribution in [0.2, 0.25) is 0 Å². The lowest BCUT2D eigenvalue weighted by atomic mass is 9.96. The van der Waals surface area contributed by atoms with Gasteiger partial charge in [0.05, 0.1) is 6.10 Å². The predicted octanol–water partition coefficient (Wildman–Crippen LogP) is 3.84. The molecule has 1 aliphatic rings. The van der Waals surface area contributed by atoms with Gasteiger partial charge in [-0.1, -0.05) is 31.2 Å². The number of benzene rings is 1. The first-order valence-electron chi connectivity index (χ1n) is 6.93. The molecule has 0 radical (unpaired) electrons. The van der Waals surface area contributed by atoms with Crippen molar-refractivity contribution in [3.63, 3.8) is 0 Å². The van der Waals surface area contributed by atoms with Crippen LogP contribution < -0.4 is 5.32 Å². The van der Waals surface area contributed by atoms with Gasteiger partial charge in [0.2, 0.25) is 0 Å². The van der Waals surface area contributed by atoms with Crippen molar-refractivity contribution in [2.45, 2.75) is 44.8 Å². The lowest BCUT2D eigenvalue weighted by Crippen LogP contribution is -2.36. The van der Waals surface area contributed by atoms with Crippen LogP contribution in [0.25, 0.3) is 0 Å². The minimum Gasteiger partial charge on any atom is -0.373 e. The van der Waals surface area contributed by atoms with Crippen LogP contribution in [0.15, 0.2) is 24.3 Å². The third-order valence-electron chi connectivity index (χ3n) is 3.53. The highest BCUT2D eigenvalue weighted by Crippen LogP contribution is 2.29. The van der Waals surface area contributed by atoms with Crippen LogP contribution >= 0.6 is 0 Å². The van der Waals surface area contributed by atoms with E-state index in [9.17, 15) is 8.78 Å². The normalized spacial score (nSPS) is 23.8. The third kappa shape index (κ3) is 3.98. The van der Waals surface area contributed by atoms with E-state index in [1.54, 1.807) is 12.1 Å². The topological polar surface area (TPSA) is 21.3 Å². The van der Waals surface area contributed by atoms with Crippen molar-refractivity contribution in [3.8, 4) is 0 Å². The smallest absolute Gasteiger partial charge is 0.263 e. The number of rotatable bonds is 5. The minimum atomic E-state index is -2.40. The molecule has 0 aromatic heterocycles. The summed E-state index contributed by atoms with van der Waals surface area (Å²) >= 11 is 0. The zero-order valence-corrected chi connectivity index (χ0v) is 11.2. The monoisotopic (exact) mass is 269 g/mol. The Kier molecular flexibility index (Phi) is 5.28. The number of alkyl halides is 2. The highest BCUT2D eigenvalue weighted by molar-refractivity contribution is 5.25. The summed E-state index contributed by atoms with van der Waals surface area (Å²) in [6.07, 6.45) is 0.667.